The van der Waals surface area contributed by atoms with Gasteiger partial charge < -0.3 is 22.1 Å². The molecule has 3 nitrogen and oxygen atoms in total. The molecule has 1 rings (SSSR count). The Morgan fingerprint density at radius 3 is 2.36 bits per heavy atom. The second-order valence-electron chi connectivity index (χ2n) is 2.27. The summed E-state index contributed by atoms with van der Waals surface area (Å²) in [4.78, 5) is 10.7. The van der Waals surface area contributed by atoms with Crippen molar-refractivity contribution in [3.05, 3.63) is 17.9 Å². The van der Waals surface area contributed by atoms with Crippen LogP contribution in [-0.4, -0.2) is 20.1 Å². The summed E-state index contributed by atoms with van der Waals surface area (Å²) in [5, 5.41) is 0. The predicted molar refractivity (Wildman–Crippen MR) is 38.8 cm³/mol. The summed E-state index contributed by atoms with van der Waals surface area (Å²) < 4.78 is 44.4. The number of hydrogen-bond acceptors (Lipinski definition) is 3. The van der Waals surface area contributed by atoms with Gasteiger partial charge in [0.1, 0.15) is 0 Å². The Morgan fingerprint density at radius 1 is 1.43 bits per heavy atom. The van der Waals surface area contributed by atoms with Gasteiger partial charge in [-0.05, 0) is 6.07 Å². The van der Waals surface area contributed by atoms with E-state index < -0.39 is 24.4 Å². The van der Waals surface area contributed by atoms with Gasteiger partial charge in [0.2, 0.25) is 5.76 Å². The third kappa shape index (κ3) is 3.43. The van der Waals surface area contributed by atoms with Gasteiger partial charge in [0.25, 0.3) is 0 Å². The molecule has 0 saturated carbocycles. The van der Waals surface area contributed by atoms with Crippen LogP contribution < -0.4 is 57.0 Å². The van der Waals surface area contributed by atoms with Gasteiger partial charge >= 0.3 is 64.3 Å². The third-order valence-corrected chi connectivity index (χ3v) is 1.34. The molecule has 1 aromatic heterocycles. The van der Waals surface area contributed by atoms with Crippen molar-refractivity contribution in [2.45, 2.75) is 0 Å². The number of esters is 1. The fraction of sp³-hybridized carbons (Fsp3) is 0.167. The van der Waals surface area contributed by atoms with E-state index in [1.807, 2.05) is 0 Å². The van der Waals surface area contributed by atoms with Gasteiger partial charge in [0.15, 0.2) is 0 Å². The van der Waals surface area contributed by atoms with Gasteiger partial charge in [0.05, 0.1) is 7.11 Å². The second-order valence-corrected chi connectivity index (χ2v) is 2.27. The molecule has 0 saturated heterocycles. The summed E-state index contributed by atoms with van der Waals surface area (Å²) in [7, 11) is 1.06. The van der Waals surface area contributed by atoms with Crippen LogP contribution in [0.5, 0.6) is 0 Å². The number of carbonyl (C=O) groups excluding carboxylic acids is 1. The summed E-state index contributed by atoms with van der Waals surface area (Å²) >= 11 is 0. The number of furan rings is 1. The minimum Gasteiger partial charge on any atom is -0.487 e. The average molecular weight is 232 g/mol. The van der Waals surface area contributed by atoms with Crippen molar-refractivity contribution in [1.29, 1.82) is 0 Å². The molecule has 0 spiro atoms. The molecule has 0 fully saturated rings. The van der Waals surface area contributed by atoms with E-state index in [4.69, 9.17) is 0 Å². The first-order chi connectivity index (χ1) is 5.95. The van der Waals surface area contributed by atoms with Crippen molar-refractivity contribution in [1.82, 2.24) is 0 Å². The summed E-state index contributed by atoms with van der Waals surface area (Å²) in [6.07, 6.45) is 0. The molecule has 8 heteroatoms. The van der Waals surface area contributed by atoms with Crippen molar-refractivity contribution in [3.8, 4) is 0 Å². The van der Waals surface area contributed by atoms with Crippen molar-refractivity contribution in [2.75, 3.05) is 7.11 Å². The van der Waals surface area contributed by atoms with E-state index in [0.29, 0.717) is 6.07 Å². The number of methoxy groups -OCH3 is 1. The SMILES string of the molecule is COC(=O)c1ccc([B-](F)(F)F)o1.[K+]. The van der Waals surface area contributed by atoms with Crippen LogP contribution in [0.3, 0.4) is 0 Å². The van der Waals surface area contributed by atoms with Crippen LogP contribution in [-0.2, 0) is 4.74 Å². The minimum atomic E-state index is -5.19. The first-order valence-corrected chi connectivity index (χ1v) is 3.33. The summed E-state index contributed by atoms with van der Waals surface area (Å²) in [6, 6.07) is 1.63. The van der Waals surface area contributed by atoms with Gasteiger partial charge in [-0.25, -0.2) is 4.79 Å². The zero-order valence-corrected chi connectivity index (χ0v) is 10.7. The molecule has 1 aromatic rings. The predicted octanol–water partition coefficient (Wildman–Crippen LogP) is -1.88. The fourth-order valence-electron chi connectivity index (χ4n) is 0.739. The molecular formula is C6H5BF3KO3. The number of ether oxygens (including phenoxy) is 1. The van der Waals surface area contributed by atoms with Crippen molar-refractivity contribution in [3.63, 3.8) is 0 Å². The maximum absolute atomic E-state index is 12.0. The van der Waals surface area contributed by atoms with Crippen molar-refractivity contribution >= 4 is 18.6 Å². The molecule has 0 amide bonds. The first-order valence-electron chi connectivity index (χ1n) is 3.33. The van der Waals surface area contributed by atoms with Crippen LogP contribution in [0.25, 0.3) is 0 Å². The Morgan fingerprint density at radius 2 is 2.00 bits per heavy atom. The van der Waals surface area contributed by atoms with Gasteiger partial charge in [-0.1, -0.05) is 6.07 Å². The smallest absolute Gasteiger partial charge is 0.487 e. The molecule has 0 N–H and O–H groups in total. The fourth-order valence-corrected chi connectivity index (χ4v) is 0.739. The molecule has 14 heavy (non-hydrogen) atoms. The molecule has 0 aliphatic carbocycles. The minimum absolute atomic E-state index is 0. The van der Waals surface area contributed by atoms with Crippen LogP contribution >= 0.6 is 0 Å². The van der Waals surface area contributed by atoms with E-state index >= 15 is 0 Å². The normalized spacial score (nSPS) is 10.6. The Balaban J connectivity index is 0.00000169. The van der Waals surface area contributed by atoms with Crippen molar-refractivity contribution < 1.29 is 78.3 Å². The third-order valence-electron chi connectivity index (χ3n) is 1.34. The zero-order chi connectivity index (χ0) is 10.1. The molecule has 1 heterocycles. The van der Waals surface area contributed by atoms with Gasteiger partial charge in [-0.15, -0.1) is 0 Å². The quantitative estimate of drug-likeness (QED) is 0.442. The van der Waals surface area contributed by atoms with Gasteiger partial charge in [-0.3, -0.25) is 0 Å². The Labute approximate surface area is 120 Å². The van der Waals surface area contributed by atoms with Gasteiger partial charge in [-0.2, -0.15) is 0 Å². The Hall–Kier alpha value is 0.241. The zero-order valence-electron chi connectivity index (χ0n) is 7.59. The topological polar surface area (TPSA) is 39.4 Å². The van der Waals surface area contributed by atoms with E-state index in [-0.39, 0.29) is 51.4 Å². The molecule has 72 valence electrons. The van der Waals surface area contributed by atoms with Crippen LogP contribution in [0.15, 0.2) is 16.5 Å². The number of carbonyl (C=O) groups is 1. The Kier molecular flexibility index (Phi) is 5.45. The summed E-state index contributed by atoms with van der Waals surface area (Å²) in [5.74, 6) is -1.37. The number of hydrogen-bond donors (Lipinski definition) is 0. The summed E-state index contributed by atoms with van der Waals surface area (Å²) in [5.41, 5.74) is -1.15. The monoisotopic (exact) mass is 232 g/mol. The van der Waals surface area contributed by atoms with E-state index in [2.05, 4.69) is 9.15 Å². The maximum atomic E-state index is 12.0. The molecule has 0 atom stereocenters. The van der Waals surface area contributed by atoms with E-state index in [1.54, 1.807) is 0 Å². The first kappa shape index (κ1) is 14.2. The number of halogens is 3. The Bertz CT molecular complexity index is 322. The van der Waals surface area contributed by atoms with Crippen LogP contribution in [0.4, 0.5) is 12.9 Å². The van der Waals surface area contributed by atoms with E-state index in [9.17, 15) is 17.7 Å². The average Bonchev–Trinajstić information content (AvgIpc) is 2.50. The standard InChI is InChI=1S/C6H5BF3O3.K/c1-12-6(11)4-2-3-5(13-4)7(8,9)10;/h2-3H,1H3;/q-1;+1. The molecule has 0 radical (unpaired) electrons. The molecule has 0 aliphatic heterocycles. The van der Waals surface area contributed by atoms with Crippen LogP contribution in [0, 0.1) is 0 Å². The van der Waals surface area contributed by atoms with Crippen LogP contribution in [0.1, 0.15) is 10.6 Å². The number of rotatable bonds is 2. The molecule has 0 aromatic carbocycles. The second kappa shape index (κ2) is 5.36. The molecular weight excluding hydrogens is 227 g/mol. The van der Waals surface area contributed by atoms with Crippen LogP contribution in [0.2, 0.25) is 0 Å². The largest absolute Gasteiger partial charge is 1.00 e. The van der Waals surface area contributed by atoms with E-state index in [1.165, 1.54) is 0 Å². The maximum Gasteiger partial charge on any atom is 1.00 e. The molecule has 0 aliphatic rings. The summed E-state index contributed by atoms with van der Waals surface area (Å²) in [6.45, 7) is -5.19. The molecule has 0 unspecified atom stereocenters. The van der Waals surface area contributed by atoms with Crippen molar-refractivity contribution in [2.24, 2.45) is 0 Å². The van der Waals surface area contributed by atoms with E-state index in [0.717, 1.165) is 13.2 Å². The molecule has 0 bridgehead atoms. The van der Waals surface area contributed by atoms with Gasteiger partial charge in [0, 0.05) is 5.66 Å².